The molecule has 25 heavy (non-hydrogen) atoms. The smallest absolute Gasteiger partial charge is 0.191 e. The summed E-state index contributed by atoms with van der Waals surface area (Å²) in [6, 6.07) is 16.7. The maximum absolute atomic E-state index is 5.65. The Kier molecular flexibility index (Phi) is 4.61. The molecule has 2 heterocycles. The van der Waals surface area contributed by atoms with Gasteiger partial charge in [0.2, 0.25) is 0 Å². The van der Waals surface area contributed by atoms with E-state index in [2.05, 4.69) is 52.0 Å². The van der Waals surface area contributed by atoms with Gasteiger partial charge in [-0.3, -0.25) is 0 Å². The summed E-state index contributed by atoms with van der Waals surface area (Å²) in [5, 5.41) is 9.29. The molecule has 0 saturated carbocycles. The van der Waals surface area contributed by atoms with Gasteiger partial charge in [0.05, 0.1) is 6.04 Å². The summed E-state index contributed by atoms with van der Waals surface area (Å²) >= 11 is 1.67. The van der Waals surface area contributed by atoms with Crippen LogP contribution < -0.4 is 9.47 Å². The molecule has 1 atom stereocenters. The molecular weight excluding hydrogens is 334 g/mol. The van der Waals surface area contributed by atoms with Crippen LogP contribution in [0.3, 0.4) is 0 Å². The second-order valence-corrected chi connectivity index (χ2v) is 6.82. The van der Waals surface area contributed by atoms with Crippen LogP contribution in [0.1, 0.15) is 24.1 Å². The van der Waals surface area contributed by atoms with Crippen molar-refractivity contribution in [2.45, 2.75) is 23.9 Å². The third-order valence-corrected chi connectivity index (χ3v) is 5.24. The van der Waals surface area contributed by atoms with Gasteiger partial charge >= 0.3 is 0 Å². The van der Waals surface area contributed by atoms with Gasteiger partial charge in [0, 0.05) is 5.75 Å². The summed E-state index contributed by atoms with van der Waals surface area (Å²) in [5.74, 6) is 2.45. The van der Waals surface area contributed by atoms with Crippen LogP contribution in [0.15, 0.2) is 60.0 Å². The van der Waals surface area contributed by atoms with Crippen molar-refractivity contribution in [3.63, 3.8) is 0 Å². The summed E-state index contributed by atoms with van der Waals surface area (Å²) in [7, 11) is 0. The number of nitrogens with zero attached hydrogens (tertiary/aromatic N) is 3. The quantitative estimate of drug-likeness (QED) is 0.650. The van der Waals surface area contributed by atoms with Crippen LogP contribution in [0.2, 0.25) is 0 Å². The first kappa shape index (κ1) is 16.0. The zero-order valence-corrected chi connectivity index (χ0v) is 14.8. The summed E-state index contributed by atoms with van der Waals surface area (Å²) in [5.41, 5.74) is 2.42. The Morgan fingerprint density at radius 2 is 1.88 bits per heavy atom. The Morgan fingerprint density at radius 3 is 2.72 bits per heavy atom. The van der Waals surface area contributed by atoms with Crippen molar-refractivity contribution in [3.8, 4) is 11.5 Å². The highest BCUT2D eigenvalue weighted by Gasteiger charge is 2.15. The van der Waals surface area contributed by atoms with Crippen molar-refractivity contribution in [2.24, 2.45) is 0 Å². The number of benzene rings is 2. The first-order valence-corrected chi connectivity index (χ1v) is 9.25. The van der Waals surface area contributed by atoms with Crippen molar-refractivity contribution in [3.05, 3.63) is 66.0 Å². The molecule has 4 rings (SSSR count). The van der Waals surface area contributed by atoms with Crippen molar-refractivity contribution < 1.29 is 9.47 Å². The molecule has 0 fully saturated rings. The SMILES string of the molecule is C[C@H](c1ccccc1)n1cnnc1SCc1ccc2c(c1)OCCO2. The standard InChI is InChI=1S/C19H19N3O2S/c1-14(16-5-3-2-4-6-16)22-13-20-21-19(22)25-12-15-7-8-17-18(11-15)24-10-9-23-17/h2-8,11,13-14H,9-10,12H2,1H3/t14-/m1/s1. The molecule has 128 valence electrons. The number of aromatic nitrogens is 3. The molecule has 0 radical (unpaired) electrons. The van der Waals surface area contributed by atoms with Gasteiger partial charge in [0.1, 0.15) is 19.5 Å². The molecule has 0 aliphatic carbocycles. The molecule has 0 amide bonds. The lowest BCUT2D eigenvalue weighted by molar-refractivity contribution is 0.171. The van der Waals surface area contributed by atoms with Crippen LogP contribution in [0.25, 0.3) is 0 Å². The molecule has 1 aliphatic rings. The average Bonchev–Trinajstić information content (AvgIpc) is 3.15. The fourth-order valence-corrected chi connectivity index (χ4v) is 3.75. The van der Waals surface area contributed by atoms with E-state index in [9.17, 15) is 0 Å². The molecule has 1 aromatic heterocycles. The first-order chi connectivity index (χ1) is 12.3. The predicted octanol–water partition coefficient (Wildman–Crippen LogP) is 3.95. The summed E-state index contributed by atoms with van der Waals surface area (Å²) in [6.45, 7) is 3.38. The van der Waals surface area contributed by atoms with Crippen molar-refractivity contribution in [1.29, 1.82) is 0 Å². The van der Waals surface area contributed by atoms with Gasteiger partial charge in [0.25, 0.3) is 0 Å². The number of thioether (sulfide) groups is 1. The van der Waals surface area contributed by atoms with Gasteiger partial charge in [-0.15, -0.1) is 10.2 Å². The Hall–Kier alpha value is -2.47. The van der Waals surface area contributed by atoms with E-state index in [-0.39, 0.29) is 6.04 Å². The third kappa shape index (κ3) is 3.49. The van der Waals surface area contributed by atoms with E-state index < -0.39 is 0 Å². The normalized spacial score (nSPS) is 14.3. The van der Waals surface area contributed by atoms with E-state index in [1.54, 1.807) is 18.1 Å². The van der Waals surface area contributed by atoms with E-state index in [0.717, 1.165) is 22.4 Å². The van der Waals surface area contributed by atoms with Crippen LogP contribution in [0.4, 0.5) is 0 Å². The van der Waals surface area contributed by atoms with Crippen molar-refractivity contribution in [1.82, 2.24) is 14.8 Å². The third-order valence-electron chi connectivity index (χ3n) is 4.21. The molecule has 1 aliphatic heterocycles. The number of hydrogen-bond donors (Lipinski definition) is 0. The fourth-order valence-electron chi connectivity index (χ4n) is 2.82. The van der Waals surface area contributed by atoms with E-state index in [1.807, 2.05) is 18.2 Å². The Balaban J connectivity index is 1.48. The van der Waals surface area contributed by atoms with Crippen LogP contribution in [-0.2, 0) is 5.75 Å². The number of hydrogen-bond acceptors (Lipinski definition) is 5. The lowest BCUT2D eigenvalue weighted by Crippen LogP contribution is -2.15. The van der Waals surface area contributed by atoms with E-state index in [1.165, 1.54) is 11.1 Å². The first-order valence-electron chi connectivity index (χ1n) is 8.27. The number of ether oxygens (including phenoxy) is 2. The van der Waals surface area contributed by atoms with Crippen LogP contribution >= 0.6 is 11.8 Å². The van der Waals surface area contributed by atoms with Gasteiger partial charge in [-0.25, -0.2) is 0 Å². The van der Waals surface area contributed by atoms with Crippen molar-refractivity contribution in [2.75, 3.05) is 13.2 Å². The maximum atomic E-state index is 5.65. The molecule has 6 heteroatoms. The highest BCUT2D eigenvalue weighted by molar-refractivity contribution is 7.98. The second kappa shape index (κ2) is 7.19. The molecule has 0 unspecified atom stereocenters. The van der Waals surface area contributed by atoms with Gasteiger partial charge in [-0.1, -0.05) is 48.2 Å². The van der Waals surface area contributed by atoms with Crippen molar-refractivity contribution >= 4 is 11.8 Å². The average molecular weight is 353 g/mol. The molecule has 0 bridgehead atoms. The zero-order chi connectivity index (χ0) is 17.1. The van der Waals surface area contributed by atoms with Gasteiger partial charge in [-0.05, 0) is 30.2 Å². The molecule has 3 aromatic rings. The second-order valence-electron chi connectivity index (χ2n) is 5.87. The number of fused-ring (bicyclic) bond motifs is 1. The summed E-state index contributed by atoms with van der Waals surface area (Å²) in [4.78, 5) is 0. The maximum Gasteiger partial charge on any atom is 0.191 e. The summed E-state index contributed by atoms with van der Waals surface area (Å²) < 4.78 is 13.3. The molecule has 5 nitrogen and oxygen atoms in total. The summed E-state index contributed by atoms with van der Waals surface area (Å²) in [6.07, 6.45) is 1.80. The highest BCUT2D eigenvalue weighted by Crippen LogP contribution is 2.33. The lowest BCUT2D eigenvalue weighted by Gasteiger charge is -2.19. The minimum absolute atomic E-state index is 0.193. The number of rotatable bonds is 5. The molecule has 0 saturated heterocycles. The molecular formula is C19H19N3O2S. The fraction of sp³-hybridized carbons (Fsp3) is 0.263. The lowest BCUT2D eigenvalue weighted by atomic mass is 10.1. The molecule has 2 aromatic carbocycles. The minimum atomic E-state index is 0.193. The topological polar surface area (TPSA) is 49.2 Å². The van der Waals surface area contributed by atoms with E-state index >= 15 is 0 Å². The van der Waals surface area contributed by atoms with Crippen LogP contribution in [0, 0.1) is 0 Å². The van der Waals surface area contributed by atoms with Crippen LogP contribution in [0.5, 0.6) is 11.5 Å². The van der Waals surface area contributed by atoms with E-state index in [4.69, 9.17) is 9.47 Å². The predicted molar refractivity (Wildman–Crippen MR) is 97.3 cm³/mol. The Morgan fingerprint density at radius 1 is 1.08 bits per heavy atom. The van der Waals surface area contributed by atoms with E-state index in [0.29, 0.717) is 13.2 Å². The zero-order valence-electron chi connectivity index (χ0n) is 14.0. The van der Waals surface area contributed by atoms with Gasteiger partial charge in [-0.2, -0.15) is 0 Å². The van der Waals surface area contributed by atoms with Gasteiger partial charge < -0.3 is 14.0 Å². The monoisotopic (exact) mass is 353 g/mol. The highest BCUT2D eigenvalue weighted by atomic mass is 32.2. The Labute approximate surface area is 151 Å². The minimum Gasteiger partial charge on any atom is -0.486 e. The largest absolute Gasteiger partial charge is 0.486 e. The Bertz CT molecular complexity index is 851. The van der Waals surface area contributed by atoms with Crippen LogP contribution in [-0.4, -0.2) is 28.0 Å². The molecule has 0 N–H and O–H groups in total. The molecule has 0 spiro atoms. The van der Waals surface area contributed by atoms with Gasteiger partial charge in [0.15, 0.2) is 16.7 Å².